The van der Waals surface area contributed by atoms with Gasteiger partial charge in [-0.15, -0.1) is 11.8 Å². The first-order valence-corrected chi connectivity index (χ1v) is 7.94. The minimum atomic E-state index is -0.408. The summed E-state index contributed by atoms with van der Waals surface area (Å²) in [6.07, 6.45) is 3.64. The SMILES string of the molecule is CCOC(=O)c1c(SC)[nH]n2cc(-c3ccc(F)cc3)nc12. The van der Waals surface area contributed by atoms with Gasteiger partial charge >= 0.3 is 5.97 Å². The average molecular weight is 319 g/mol. The fraction of sp³-hybridized carbons (Fsp3) is 0.200. The number of hydrogen-bond donors (Lipinski definition) is 1. The number of nitrogens with zero attached hydrogens (tertiary/aromatic N) is 2. The van der Waals surface area contributed by atoms with E-state index >= 15 is 0 Å². The van der Waals surface area contributed by atoms with Crippen molar-refractivity contribution in [2.75, 3.05) is 12.9 Å². The van der Waals surface area contributed by atoms with Crippen molar-refractivity contribution in [3.8, 4) is 11.3 Å². The van der Waals surface area contributed by atoms with Gasteiger partial charge in [0.05, 0.1) is 18.5 Å². The number of carbonyl (C=O) groups is 1. The van der Waals surface area contributed by atoms with E-state index in [0.717, 1.165) is 5.56 Å². The molecule has 0 fully saturated rings. The number of H-pyrrole nitrogens is 1. The molecule has 3 aromatic rings. The van der Waals surface area contributed by atoms with Crippen molar-refractivity contribution in [2.45, 2.75) is 11.9 Å². The smallest absolute Gasteiger partial charge is 0.344 e. The summed E-state index contributed by atoms with van der Waals surface area (Å²) in [6.45, 7) is 2.06. The molecule has 1 aromatic carbocycles. The van der Waals surface area contributed by atoms with Crippen LogP contribution in [0.4, 0.5) is 4.39 Å². The maximum Gasteiger partial charge on any atom is 0.344 e. The predicted octanol–water partition coefficient (Wildman–Crippen LogP) is 3.37. The first-order valence-electron chi connectivity index (χ1n) is 6.72. The van der Waals surface area contributed by atoms with E-state index < -0.39 is 5.97 Å². The summed E-state index contributed by atoms with van der Waals surface area (Å²) in [5, 5.41) is 3.80. The number of imidazole rings is 1. The second kappa shape index (κ2) is 5.84. The van der Waals surface area contributed by atoms with Gasteiger partial charge in [-0.3, -0.25) is 5.10 Å². The molecule has 0 unspecified atom stereocenters. The number of carbonyl (C=O) groups excluding carboxylic acids is 1. The molecule has 22 heavy (non-hydrogen) atoms. The van der Waals surface area contributed by atoms with Crippen molar-refractivity contribution in [1.29, 1.82) is 0 Å². The number of rotatable bonds is 4. The molecule has 114 valence electrons. The van der Waals surface area contributed by atoms with E-state index in [1.54, 1.807) is 29.8 Å². The van der Waals surface area contributed by atoms with Crippen LogP contribution in [-0.2, 0) is 4.74 Å². The Bertz CT molecular complexity index is 823. The Hall–Kier alpha value is -2.28. The van der Waals surface area contributed by atoms with Crippen LogP contribution < -0.4 is 0 Å². The Kier molecular flexibility index (Phi) is 3.89. The lowest BCUT2D eigenvalue weighted by Gasteiger charge is -2.00. The maximum absolute atomic E-state index is 13.0. The lowest BCUT2D eigenvalue weighted by Crippen LogP contribution is -2.05. The lowest BCUT2D eigenvalue weighted by molar-refractivity contribution is 0.0524. The molecule has 5 nitrogen and oxygen atoms in total. The molecular weight excluding hydrogens is 305 g/mol. The van der Waals surface area contributed by atoms with Crippen molar-refractivity contribution in [3.63, 3.8) is 0 Å². The maximum atomic E-state index is 13.0. The van der Waals surface area contributed by atoms with Crippen LogP contribution in [0, 0.1) is 5.82 Å². The third-order valence-corrected chi connectivity index (χ3v) is 3.91. The molecule has 3 rings (SSSR count). The van der Waals surface area contributed by atoms with Gasteiger partial charge in [-0.25, -0.2) is 18.7 Å². The first kappa shape index (κ1) is 14.6. The van der Waals surface area contributed by atoms with Crippen molar-refractivity contribution < 1.29 is 13.9 Å². The first-order chi connectivity index (χ1) is 10.6. The Morgan fingerprint density at radius 3 is 2.77 bits per heavy atom. The van der Waals surface area contributed by atoms with E-state index in [1.807, 2.05) is 6.26 Å². The molecule has 0 spiro atoms. The third-order valence-electron chi connectivity index (χ3n) is 3.20. The number of hydrogen-bond acceptors (Lipinski definition) is 4. The standard InChI is InChI=1S/C15H14FN3O2S/c1-3-21-15(20)12-13-17-11(8-19(13)18-14(12)22-2)9-4-6-10(16)7-5-9/h4-8,18H,3H2,1-2H3. The molecule has 2 aromatic heterocycles. The van der Waals surface area contributed by atoms with Gasteiger partial charge in [-0.1, -0.05) is 0 Å². The van der Waals surface area contributed by atoms with E-state index in [1.165, 1.54) is 23.9 Å². The van der Waals surface area contributed by atoms with Crippen molar-refractivity contribution >= 4 is 23.4 Å². The summed E-state index contributed by atoms with van der Waals surface area (Å²) in [7, 11) is 0. The predicted molar refractivity (Wildman–Crippen MR) is 82.7 cm³/mol. The Morgan fingerprint density at radius 1 is 1.41 bits per heavy atom. The molecular formula is C15H14FN3O2S. The Balaban J connectivity index is 2.10. The van der Waals surface area contributed by atoms with Crippen LogP contribution in [0.5, 0.6) is 0 Å². The van der Waals surface area contributed by atoms with Crippen LogP contribution in [0.2, 0.25) is 0 Å². The number of nitrogens with one attached hydrogen (secondary N) is 1. The van der Waals surface area contributed by atoms with Crippen LogP contribution in [-0.4, -0.2) is 33.4 Å². The van der Waals surface area contributed by atoms with E-state index in [4.69, 9.17) is 4.74 Å². The summed E-state index contributed by atoms with van der Waals surface area (Å²) < 4.78 is 19.8. The van der Waals surface area contributed by atoms with Gasteiger partial charge in [0.15, 0.2) is 5.65 Å². The number of aromatic nitrogens is 3. The van der Waals surface area contributed by atoms with E-state index in [-0.39, 0.29) is 5.82 Å². The molecule has 0 saturated carbocycles. The minimum Gasteiger partial charge on any atom is -0.462 e. The van der Waals surface area contributed by atoms with E-state index in [0.29, 0.717) is 28.5 Å². The monoisotopic (exact) mass is 319 g/mol. The summed E-state index contributed by atoms with van der Waals surface area (Å²) >= 11 is 1.42. The van der Waals surface area contributed by atoms with Crippen LogP contribution in [0.15, 0.2) is 35.5 Å². The third kappa shape index (κ3) is 2.48. The molecule has 0 aliphatic carbocycles. The van der Waals surface area contributed by atoms with Gasteiger partial charge in [0.1, 0.15) is 16.4 Å². The number of aromatic amines is 1. The fourth-order valence-electron chi connectivity index (χ4n) is 2.20. The topological polar surface area (TPSA) is 59.4 Å². The van der Waals surface area contributed by atoms with Crippen LogP contribution >= 0.6 is 11.8 Å². The zero-order chi connectivity index (χ0) is 15.7. The summed E-state index contributed by atoms with van der Waals surface area (Å²) in [6, 6.07) is 6.05. The number of fused-ring (bicyclic) bond motifs is 1. The quantitative estimate of drug-likeness (QED) is 0.592. The Labute approximate surface area is 130 Å². The zero-order valence-corrected chi connectivity index (χ0v) is 12.9. The van der Waals surface area contributed by atoms with Crippen LogP contribution in [0.25, 0.3) is 16.9 Å². The highest BCUT2D eigenvalue weighted by Gasteiger charge is 2.22. The second-order valence-electron chi connectivity index (χ2n) is 4.57. The Morgan fingerprint density at radius 2 is 2.14 bits per heavy atom. The number of thioether (sulfide) groups is 1. The van der Waals surface area contributed by atoms with Gasteiger partial charge in [0, 0.05) is 5.56 Å². The van der Waals surface area contributed by atoms with E-state index in [2.05, 4.69) is 10.1 Å². The summed E-state index contributed by atoms with van der Waals surface area (Å²) in [4.78, 5) is 16.6. The summed E-state index contributed by atoms with van der Waals surface area (Å²) in [5.41, 5.74) is 2.35. The van der Waals surface area contributed by atoms with Crippen molar-refractivity contribution in [2.24, 2.45) is 0 Å². The molecule has 0 aliphatic heterocycles. The molecule has 2 heterocycles. The van der Waals surface area contributed by atoms with Gasteiger partial charge in [0.2, 0.25) is 0 Å². The largest absolute Gasteiger partial charge is 0.462 e. The van der Waals surface area contributed by atoms with Gasteiger partial charge in [-0.05, 0) is 37.4 Å². The van der Waals surface area contributed by atoms with Gasteiger partial charge < -0.3 is 4.74 Å². The lowest BCUT2D eigenvalue weighted by atomic mass is 10.2. The van der Waals surface area contributed by atoms with Crippen LogP contribution in [0.3, 0.4) is 0 Å². The highest BCUT2D eigenvalue weighted by Crippen LogP contribution is 2.27. The number of ether oxygens (including phenoxy) is 1. The minimum absolute atomic E-state index is 0.301. The molecule has 7 heteroatoms. The summed E-state index contributed by atoms with van der Waals surface area (Å²) in [5.74, 6) is -0.709. The number of benzene rings is 1. The average Bonchev–Trinajstić information content (AvgIpc) is 3.05. The normalized spacial score (nSPS) is 11.0. The molecule has 0 saturated heterocycles. The fourth-order valence-corrected chi connectivity index (χ4v) is 2.77. The molecule has 0 aliphatic rings. The highest BCUT2D eigenvalue weighted by atomic mass is 32.2. The van der Waals surface area contributed by atoms with Crippen LogP contribution in [0.1, 0.15) is 17.3 Å². The number of halogens is 1. The molecule has 0 amide bonds. The highest BCUT2D eigenvalue weighted by molar-refractivity contribution is 7.98. The van der Waals surface area contributed by atoms with Gasteiger partial charge in [-0.2, -0.15) is 0 Å². The second-order valence-corrected chi connectivity index (χ2v) is 5.38. The molecule has 1 N–H and O–H groups in total. The van der Waals surface area contributed by atoms with Gasteiger partial charge in [0.25, 0.3) is 0 Å². The zero-order valence-electron chi connectivity index (χ0n) is 12.1. The number of esters is 1. The van der Waals surface area contributed by atoms with Crippen molar-refractivity contribution in [3.05, 3.63) is 41.8 Å². The molecule has 0 bridgehead atoms. The van der Waals surface area contributed by atoms with E-state index in [9.17, 15) is 9.18 Å². The molecule has 0 atom stereocenters. The van der Waals surface area contributed by atoms with Crippen molar-refractivity contribution in [1.82, 2.24) is 14.6 Å². The molecule has 0 radical (unpaired) electrons.